The lowest BCUT2D eigenvalue weighted by Crippen LogP contribution is -2.44. The highest BCUT2D eigenvalue weighted by Gasteiger charge is 2.32. The van der Waals surface area contributed by atoms with Crippen LogP contribution >= 0.6 is 24.0 Å². The molecule has 0 spiro atoms. The Morgan fingerprint density at radius 1 is 1.07 bits per heavy atom. The van der Waals surface area contributed by atoms with Gasteiger partial charge in [0.15, 0.2) is 11.7 Å². The maximum absolute atomic E-state index is 12.5. The summed E-state index contributed by atoms with van der Waals surface area (Å²) in [5.74, 6) is -0.372. The topological polar surface area (TPSA) is 71.7 Å². The van der Waals surface area contributed by atoms with Gasteiger partial charge in [-0.15, -0.1) is 37.1 Å². The van der Waals surface area contributed by atoms with Gasteiger partial charge in [0.1, 0.15) is 0 Å². The normalized spacial score (nSPS) is 13.4. The van der Waals surface area contributed by atoms with Crippen molar-refractivity contribution < 1.29 is 17.9 Å². The Morgan fingerprint density at radius 3 is 2.28 bits per heavy atom. The molecule has 160 valence electrons. The Balaban J connectivity index is 0.00000420. The third-order valence-corrected chi connectivity index (χ3v) is 3.93. The summed E-state index contributed by atoms with van der Waals surface area (Å²) < 4.78 is 41.5. The van der Waals surface area contributed by atoms with Gasteiger partial charge in [0.05, 0.1) is 12.2 Å². The highest BCUT2D eigenvalue weighted by molar-refractivity contribution is 14.0. The van der Waals surface area contributed by atoms with Gasteiger partial charge in [0, 0.05) is 11.6 Å². The third kappa shape index (κ3) is 8.90. The molecule has 29 heavy (non-hydrogen) atoms. The minimum absolute atomic E-state index is 0. The second-order valence-electron chi connectivity index (χ2n) is 7.03. The van der Waals surface area contributed by atoms with Crippen molar-refractivity contribution in [2.45, 2.75) is 38.7 Å². The fraction of sp³-hybridized carbons (Fsp3) is 0.350. The first-order chi connectivity index (χ1) is 13.1. The van der Waals surface area contributed by atoms with E-state index in [0.717, 1.165) is 5.56 Å². The minimum Gasteiger partial charge on any atom is -0.404 e. The molecular weight excluding hydrogens is 496 g/mol. The van der Waals surface area contributed by atoms with Crippen LogP contribution in [0.5, 0.6) is 5.75 Å². The molecule has 0 heterocycles. The van der Waals surface area contributed by atoms with Crippen molar-refractivity contribution in [2.75, 3.05) is 11.9 Å². The zero-order chi connectivity index (χ0) is 20.8. The SMILES string of the molecule is CC(NC(C)(C)CN=C(N)Nc1ccccc1OC(F)(F)F)c1ccccc1.I. The van der Waals surface area contributed by atoms with E-state index in [0.29, 0.717) is 6.54 Å². The highest BCUT2D eigenvalue weighted by Crippen LogP contribution is 2.29. The first-order valence-electron chi connectivity index (χ1n) is 8.80. The Labute approximate surface area is 185 Å². The van der Waals surface area contributed by atoms with Crippen molar-refractivity contribution in [3.8, 4) is 5.75 Å². The van der Waals surface area contributed by atoms with Crippen LogP contribution in [0.25, 0.3) is 0 Å². The molecule has 1 atom stereocenters. The Hall–Kier alpha value is -2.01. The molecule has 1 unspecified atom stereocenters. The zero-order valence-electron chi connectivity index (χ0n) is 16.5. The predicted molar refractivity (Wildman–Crippen MR) is 121 cm³/mol. The zero-order valence-corrected chi connectivity index (χ0v) is 18.8. The van der Waals surface area contributed by atoms with Crippen molar-refractivity contribution in [3.05, 3.63) is 60.2 Å². The lowest BCUT2D eigenvalue weighted by Gasteiger charge is -2.29. The molecule has 0 saturated heterocycles. The maximum atomic E-state index is 12.5. The third-order valence-electron chi connectivity index (χ3n) is 3.93. The fourth-order valence-electron chi connectivity index (χ4n) is 2.70. The summed E-state index contributed by atoms with van der Waals surface area (Å²) in [5.41, 5.74) is 6.71. The standard InChI is InChI=1S/C20H25F3N4O.HI/c1-14(15-9-5-4-6-10-15)27-19(2,3)13-25-18(24)26-16-11-7-8-12-17(16)28-20(21,22)23;/h4-12,14,27H,13H2,1-3H3,(H3,24,25,26);1H. The summed E-state index contributed by atoms with van der Waals surface area (Å²) >= 11 is 0. The molecule has 0 aliphatic rings. The van der Waals surface area contributed by atoms with Gasteiger partial charge >= 0.3 is 6.36 Å². The molecule has 9 heteroatoms. The molecule has 5 nitrogen and oxygen atoms in total. The smallest absolute Gasteiger partial charge is 0.404 e. The van der Waals surface area contributed by atoms with Crippen LogP contribution in [0.15, 0.2) is 59.6 Å². The van der Waals surface area contributed by atoms with Crippen LogP contribution in [-0.4, -0.2) is 24.4 Å². The number of nitrogens with one attached hydrogen (secondary N) is 2. The maximum Gasteiger partial charge on any atom is 0.573 e. The number of anilines is 1. The largest absolute Gasteiger partial charge is 0.573 e. The molecular formula is C20H26F3IN4O. The number of aliphatic imine (C=N–C) groups is 1. The molecule has 0 bridgehead atoms. The fourth-order valence-corrected chi connectivity index (χ4v) is 2.70. The number of ether oxygens (including phenoxy) is 1. The summed E-state index contributed by atoms with van der Waals surface area (Å²) in [5, 5.41) is 6.14. The van der Waals surface area contributed by atoms with E-state index in [1.807, 2.05) is 51.1 Å². The minimum atomic E-state index is -4.79. The van der Waals surface area contributed by atoms with Gasteiger partial charge in [-0.3, -0.25) is 4.99 Å². The molecule has 2 aromatic carbocycles. The second kappa shape index (κ2) is 10.7. The van der Waals surface area contributed by atoms with Gasteiger partial charge in [-0.05, 0) is 38.5 Å². The number of hydrogen-bond acceptors (Lipinski definition) is 3. The van der Waals surface area contributed by atoms with Crippen LogP contribution in [0, 0.1) is 0 Å². The van der Waals surface area contributed by atoms with Crippen molar-refractivity contribution in [2.24, 2.45) is 10.7 Å². The highest BCUT2D eigenvalue weighted by atomic mass is 127. The van der Waals surface area contributed by atoms with E-state index in [1.54, 1.807) is 6.07 Å². The first-order valence-corrected chi connectivity index (χ1v) is 8.80. The molecule has 0 fully saturated rings. The van der Waals surface area contributed by atoms with Gasteiger partial charge in [-0.25, -0.2) is 0 Å². The Kier molecular flexibility index (Phi) is 9.21. The quantitative estimate of drug-likeness (QED) is 0.270. The molecule has 0 radical (unpaired) electrons. The number of halogens is 4. The number of nitrogens with two attached hydrogens (primary N) is 1. The molecule has 2 rings (SSSR count). The summed E-state index contributed by atoms with van der Waals surface area (Å²) in [6.45, 7) is 6.33. The van der Waals surface area contributed by atoms with Crippen LogP contribution in [0.3, 0.4) is 0 Å². The van der Waals surface area contributed by atoms with Crippen molar-refractivity contribution >= 4 is 35.6 Å². The number of benzene rings is 2. The Bertz CT molecular complexity index is 798. The van der Waals surface area contributed by atoms with E-state index >= 15 is 0 Å². The van der Waals surface area contributed by atoms with Crippen LogP contribution in [0.1, 0.15) is 32.4 Å². The number of para-hydroxylation sites is 2. The number of guanidine groups is 1. The van der Waals surface area contributed by atoms with Crippen molar-refractivity contribution in [1.29, 1.82) is 0 Å². The summed E-state index contributed by atoms with van der Waals surface area (Å²) in [4.78, 5) is 4.26. The molecule has 0 aromatic heterocycles. The van der Waals surface area contributed by atoms with Crippen LogP contribution < -0.4 is 21.1 Å². The first kappa shape index (κ1) is 25.0. The number of hydrogen-bond donors (Lipinski definition) is 3. The second-order valence-corrected chi connectivity index (χ2v) is 7.03. The van der Waals surface area contributed by atoms with Gasteiger partial charge in [0.25, 0.3) is 0 Å². The monoisotopic (exact) mass is 522 g/mol. The van der Waals surface area contributed by atoms with Gasteiger partial charge < -0.3 is 21.1 Å². The van der Waals surface area contributed by atoms with E-state index in [2.05, 4.69) is 20.4 Å². The number of nitrogens with zero attached hydrogens (tertiary/aromatic N) is 1. The van der Waals surface area contributed by atoms with E-state index < -0.39 is 6.36 Å². The molecule has 4 N–H and O–H groups in total. The molecule has 0 aliphatic carbocycles. The predicted octanol–water partition coefficient (Wildman–Crippen LogP) is 5.06. The van der Waals surface area contributed by atoms with Crippen LogP contribution in [-0.2, 0) is 0 Å². The molecule has 0 saturated carbocycles. The van der Waals surface area contributed by atoms with E-state index in [1.165, 1.54) is 18.2 Å². The average molecular weight is 522 g/mol. The average Bonchev–Trinajstić information content (AvgIpc) is 2.61. The summed E-state index contributed by atoms with van der Waals surface area (Å²) in [7, 11) is 0. The molecule has 0 amide bonds. The summed E-state index contributed by atoms with van der Waals surface area (Å²) in [6.07, 6.45) is -4.79. The number of alkyl halides is 3. The van der Waals surface area contributed by atoms with E-state index in [9.17, 15) is 13.2 Å². The van der Waals surface area contributed by atoms with Gasteiger partial charge in [-0.2, -0.15) is 0 Å². The lowest BCUT2D eigenvalue weighted by atomic mass is 10.0. The van der Waals surface area contributed by atoms with E-state index in [4.69, 9.17) is 5.73 Å². The Morgan fingerprint density at radius 2 is 1.66 bits per heavy atom. The van der Waals surface area contributed by atoms with Gasteiger partial charge in [0.2, 0.25) is 0 Å². The van der Waals surface area contributed by atoms with Crippen molar-refractivity contribution in [3.63, 3.8) is 0 Å². The van der Waals surface area contributed by atoms with E-state index in [-0.39, 0.29) is 53.0 Å². The van der Waals surface area contributed by atoms with Crippen LogP contribution in [0.4, 0.5) is 18.9 Å². The molecule has 2 aromatic rings. The van der Waals surface area contributed by atoms with Crippen molar-refractivity contribution in [1.82, 2.24) is 5.32 Å². The summed E-state index contributed by atoms with van der Waals surface area (Å²) in [6, 6.07) is 15.7. The van der Waals surface area contributed by atoms with Crippen LogP contribution in [0.2, 0.25) is 0 Å². The van der Waals surface area contributed by atoms with Gasteiger partial charge in [-0.1, -0.05) is 42.5 Å². The number of rotatable bonds is 7. The molecule has 0 aliphatic heterocycles. The lowest BCUT2D eigenvalue weighted by molar-refractivity contribution is -0.274.